The molecule has 0 fully saturated rings. The highest BCUT2D eigenvalue weighted by atomic mass is 19.1. The van der Waals surface area contributed by atoms with E-state index in [9.17, 15) is 14.0 Å². The van der Waals surface area contributed by atoms with Crippen LogP contribution >= 0.6 is 0 Å². The summed E-state index contributed by atoms with van der Waals surface area (Å²) in [5.74, 6) is -0.0251. The average molecular weight is 366 g/mol. The molecule has 0 saturated heterocycles. The molecule has 2 heterocycles. The molecule has 1 amide bonds. The minimum atomic E-state index is -0.887. The zero-order valence-electron chi connectivity index (χ0n) is 15.5. The van der Waals surface area contributed by atoms with E-state index in [1.54, 1.807) is 46.3 Å². The maximum Gasteiger partial charge on any atom is 0.256 e. The van der Waals surface area contributed by atoms with Crippen molar-refractivity contribution >= 4 is 38.5 Å². The van der Waals surface area contributed by atoms with Gasteiger partial charge in [-0.1, -0.05) is 0 Å². The Morgan fingerprint density at radius 3 is 2.59 bits per heavy atom. The Hall–Kier alpha value is -3.22. The number of nitrogens with one attached hydrogen (secondary N) is 2. The van der Waals surface area contributed by atoms with Gasteiger partial charge in [0.15, 0.2) is 0 Å². The summed E-state index contributed by atoms with van der Waals surface area (Å²) in [5.41, 5.74) is 0.0725. The molecule has 2 aromatic heterocycles. The van der Waals surface area contributed by atoms with Crippen LogP contribution in [0.1, 0.15) is 19.7 Å². The number of hydrogen-bond donors (Lipinski definition) is 2. The van der Waals surface area contributed by atoms with Crippen molar-refractivity contribution in [1.29, 1.82) is 0 Å². The fourth-order valence-corrected chi connectivity index (χ4v) is 3.60. The zero-order valence-corrected chi connectivity index (χ0v) is 15.5. The topological polar surface area (TPSA) is 81.8 Å². The third-order valence-electron chi connectivity index (χ3n) is 4.97. The first-order valence-corrected chi connectivity index (χ1v) is 8.56. The van der Waals surface area contributed by atoms with E-state index in [1.807, 2.05) is 0 Å². The van der Waals surface area contributed by atoms with Crippen molar-refractivity contribution in [3.05, 3.63) is 52.5 Å². The van der Waals surface area contributed by atoms with Crippen molar-refractivity contribution in [2.45, 2.75) is 19.3 Å². The first-order valence-electron chi connectivity index (χ1n) is 8.56. The van der Waals surface area contributed by atoms with Gasteiger partial charge < -0.3 is 14.9 Å². The summed E-state index contributed by atoms with van der Waals surface area (Å²) in [4.78, 5) is 37.2. The lowest BCUT2D eigenvalue weighted by Crippen LogP contribution is -2.40. The Kier molecular flexibility index (Phi) is 3.59. The number of pyridine rings is 1. The van der Waals surface area contributed by atoms with Crippen molar-refractivity contribution in [2.24, 2.45) is 0 Å². The molecule has 27 heavy (non-hydrogen) atoms. The van der Waals surface area contributed by atoms with Gasteiger partial charge in [-0.3, -0.25) is 9.59 Å². The van der Waals surface area contributed by atoms with Crippen LogP contribution < -0.4 is 5.56 Å². The van der Waals surface area contributed by atoms with Crippen LogP contribution in [0, 0.1) is 5.82 Å². The van der Waals surface area contributed by atoms with E-state index >= 15 is 0 Å². The zero-order chi connectivity index (χ0) is 19.5. The second kappa shape index (κ2) is 5.64. The standard InChI is InChI=1S/C20H19FN4O2/c1-20(2,19(27)25(3)4)18-23-15-11-6-5-10(21)9-13(11)14-12(16(15)24-18)7-8-22-17(14)26/h5-9H,1-4H3,(H,22,26)(H,23,24). The molecule has 0 aliphatic carbocycles. The van der Waals surface area contributed by atoms with Crippen LogP contribution in [-0.2, 0) is 10.2 Å². The molecule has 0 aliphatic heterocycles. The minimum absolute atomic E-state index is 0.0981. The van der Waals surface area contributed by atoms with Gasteiger partial charge in [0.05, 0.1) is 16.4 Å². The largest absolute Gasteiger partial charge is 0.348 e. The van der Waals surface area contributed by atoms with E-state index in [-0.39, 0.29) is 11.5 Å². The molecule has 0 aliphatic rings. The second-order valence-electron chi connectivity index (χ2n) is 7.42. The SMILES string of the molecule is CN(C)C(=O)C(C)(C)c1nc2c3cc[nH]c(=O)c3c3cc(F)ccc3c2[nH]1. The monoisotopic (exact) mass is 366 g/mol. The highest BCUT2D eigenvalue weighted by Crippen LogP contribution is 2.34. The number of imidazole rings is 1. The number of hydrogen-bond acceptors (Lipinski definition) is 3. The highest BCUT2D eigenvalue weighted by Gasteiger charge is 2.35. The van der Waals surface area contributed by atoms with E-state index in [2.05, 4.69) is 15.0 Å². The number of amides is 1. The van der Waals surface area contributed by atoms with Gasteiger partial charge in [-0.15, -0.1) is 0 Å². The lowest BCUT2D eigenvalue weighted by Gasteiger charge is -2.24. The summed E-state index contributed by atoms with van der Waals surface area (Å²) in [6.45, 7) is 3.59. The van der Waals surface area contributed by atoms with Crippen LogP contribution in [0.25, 0.3) is 32.6 Å². The summed E-state index contributed by atoms with van der Waals surface area (Å²) < 4.78 is 13.9. The first kappa shape index (κ1) is 17.2. The van der Waals surface area contributed by atoms with Crippen molar-refractivity contribution in [2.75, 3.05) is 14.1 Å². The van der Waals surface area contributed by atoms with Gasteiger partial charge in [-0.05, 0) is 38.1 Å². The number of H-pyrrole nitrogens is 2. The first-order chi connectivity index (χ1) is 12.7. The van der Waals surface area contributed by atoms with E-state index in [1.165, 1.54) is 17.0 Å². The lowest BCUT2D eigenvalue weighted by molar-refractivity contribution is -0.133. The fraction of sp³-hybridized carbons (Fsp3) is 0.250. The summed E-state index contributed by atoms with van der Waals surface area (Å²) in [7, 11) is 3.39. The Labute approximate surface area is 154 Å². The number of benzene rings is 2. The summed E-state index contributed by atoms with van der Waals surface area (Å²) in [5, 5.41) is 2.19. The Morgan fingerprint density at radius 1 is 1.15 bits per heavy atom. The smallest absolute Gasteiger partial charge is 0.256 e. The number of carbonyl (C=O) groups excluding carboxylic acids is 1. The molecule has 2 aromatic carbocycles. The third-order valence-corrected chi connectivity index (χ3v) is 4.97. The maximum atomic E-state index is 13.9. The van der Waals surface area contributed by atoms with Crippen molar-refractivity contribution in [3.8, 4) is 0 Å². The van der Waals surface area contributed by atoms with Crippen LogP contribution in [0.4, 0.5) is 4.39 Å². The number of aromatic nitrogens is 3. The van der Waals surface area contributed by atoms with Crippen LogP contribution in [0.15, 0.2) is 35.3 Å². The summed E-state index contributed by atoms with van der Waals surface area (Å²) in [6, 6.07) is 6.07. The number of halogens is 1. The average Bonchev–Trinajstić information content (AvgIpc) is 3.07. The maximum absolute atomic E-state index is 13.9. The molecule has 138 valence electrons. The second-order valence-corrected chi connectivity index (χ2v) is 7.42. The van der Waals surface area contributed by atoms with E-state index in [0.29, 0.717) is 38.4 Å². The number of nitrogens with zero attached hydrogens (tertiary/aromatic N) is 2. The molecular formula is C20H19FN4O2. The number of likely N-dealkylation sites (N-methyl/N-ethyl adjacent to an activating group) is 1. The number of fused-ring (bicyclic) bond motifs is 6. The molecule has 0 unspecified atom stereocenters. The lowest BCUT2D eigenvalue weighted by atomic mass is 9.91. The van der Waals surface area contributed by atoms with E-state index < -0.39 is 11.2 Å². The number of aromatic amines is 2. The van der Waals surface area contributed by atoms with Gasteiger partial charge in [0.25, 0.3) is 5.56 Å². The molecular weight excluding hydrogens is 347 g/mol. The minimum Gasteiger partial charge on any atom is -0.348 e. The summed E-state index contributed by atoms with van der Waals surface area (Å²) in [6.07, 6.45) is 1.54. The van der Waals surface area contributed by atoms with Crippen LogP contribution in [-0.4, -0.2) is 39.9 Å². The summed E-state index contributed by atoms with van der Waals surface area (Å²) >= 11 is 0. The third kappa shape index (κ3) is 2.42. The van der Waals surface area contributed by atoms with Gasteiger partial charge in [-0.2, -0.15) is 0 Å². The van der Waals surface area contributed by atoms with Gasteiger partial charge in [0.2, 0.25) is 5.91 Å². The number of rotatable bonds is 2. The Balaban J connectivity index is 2.17. The van der Waals surface area contributed by atoms with Crippen molar-refractivity contribution in [1.82, 2.24) is 19.9 Å². The predicted molar refractivity (Wildman–Crippen MR) is 103 cm³/mol. The predicted octanol–water partition coefficient (Wildman–Crippen LogP) is 3.06. The molecule has 0 spiro atoms. The van der Waals surface area contributed by atoms with Crippen LogP contribution in [0.3, 0.4) is 0 Å². The molecule has 0 radical (unpaired) electrons. The fourth-order valence-electron chi connectivity index (χ4n) is 3.60. The van der Waals surface area contributed by atoms with Gasteiger partial charge >= 0.3 is 0 Å². The number of carbonyl (C=O) groups is 1. The molecule has 0 bridgehead atoms. The van der Waals surface area contributed by atoms with Crippen molar-refractivity contribution < 1.29 is 9.18 Å². The van der Waals surface area contributed by atoms with Crippen molar-refractivity contribution in [3.63, 3.8) is 0 Å². The quantitative estimate of drug-likeness (QED) is 0.535. The van der Waals surface area contributed by atoms with Gasteiger partial charge in [-0.25, -0.2) is 9.37 Å². The molecule has 7 heteroatoms. The van der Waals surface area contributed by atoms with Gasteiger partial charge in [0, 0.05) is 36.5 Å². The molecule has 2 N–H and O–H groups in total. The van der Waals surface area contributed by atoms with E-state index in [4.69, 9.17) is 0 Å². The van der Waals surface area contributed by atoms with E-state index in [0.717, 1.165) is 0 Å². The molecule has 4 aromatic rings. The molecule has 0 saturated carbocycles. The Morgan fingerprint density at radius 2 is 1.89 bits per heavy atom. The van der Waals surface area contributed by atoms with Crippen LogP contribution in [0.2, 0.25) is 0 Å². The van der Waals surface area contributed by atoms with Gasteiger partial charge in [0.1, 0.15) is 17.1 Å². The molecule has 6 nitrogen and oxygen atoms in total. The molecule has 4 rings (SSSR count). The highest BCUT2D eigenvalue weighted by molar-refractivity contribution is 6.23. The normalized spacial score (nSPS) is 12.2. The molecule has 0 atom stereocenters. The van der Waals surface area contributed by atoms with Crippen LogP contribution in [0.5, 0.6) is 0 Å². The Bertz CT molecular complexity index is 1280.